The summed E-state index contributed by atoms with van der Waals surface area (Å²) in [6.45, 7) is 0.213. The van der Waals surface area contributed by atoms with Crippen LogP contribution in [0.15, 0.2) is 88.3 Å². The second-order valence-electron chi connectivity index (χ2n) is 7.07. The zero-order valence-electron chi connectivity index (χ0n) is 16.9. The Morgan fingerprint density at radius 3 is 2.45 bits per heavy atom. The van der Waals surface area contributed by atoms with Crippen molar-refractivity contribution in [2.45, 2.75) is 13.1 Å². The minimum Gasteiger partial charge on any atom is -0.496 e. The van der Waals surface area contributed by atoms with Crippen LogP contribution in [-0.4, -0.2) is 17.9 Å². The van der Waals surface area contributed by atoms with E-state index >= 15 is 0 Å². The van der Waals surface area contributed by atoms with Gasteiger partial charge in [0.05, 0.1) is 36.4 Å². The van der Waals surface area contributed by atoms with Crippen LogP contribution in [0.5, 0.6) is 5.75 Å². The second kappa shape index (κ2) is 8.83. The average Bonchev–Trinajstić information content (AvgIpc) is 2.81. The number of ether oxygens (including phenoxy) is 1. The van der Waals surface area contributed by atoms with Gasteiger partial charge in [0.15, 0.2) is 5.43 Å². The highest BCUT2D eigenvalue weighted by Gasteiger charge is 2.22. The predicted octanol–water partition coefficient (Wildman–Crippen LogP) is 4.78. The Morgan fingerprint density at radius 1 is 0.968 bits per heavy atom. The lowest BCUT2D eigenvalue weighted by atomic mass is 10.1. The van der Waals surface area contributed by atoms with Gasteiger partial charge >= 0.3 is 0 Å². The molecule has 0 fully saturated rings. The molecule has 0 spiro atoms. The number of nitrogens with zero attached hydrogens (tertiary/aromatic N) is 1. The third kappa shape index (κ3) is 4.33. The molecule has 0 saturated heterocycles. The van der Waals surface area contributed by atoms with Gasteiger partial charge < -0.3 is 14.1 Å². The number of rotatable bonds is 6. The minimum absolute atomic E-state index is 0.0292. The summed E-state index contributed by atoms with van der Waals surface area (Å²) in [6.07, 6.45) is 1.39. The highest BCUT2D eigenvalue weighted by molar-refractivity contribution is 5.97. The molecule has 0 unspecified atom stereocenters. The fraction of sp³-hybridized carbons (Fsp3) is 0.120. The Labute approximate surface area is 178 Å². The number of halogens is 1. The number of fused-ring (bicyclic) bond motifs is 1. The first-order valence-electron chi connectivity index (χ1n) is 9.73. The zero-order chi connectivity index (χ0) is 21.8. The Morgan fingerprint density at radius 2 is 1.68 bits per heavy atom. The zero-order valence-corrected chi connectivity index (χ0v) is 16.9. The maximum atomic E-state index is 13.4. The molecule has 6 heteroatoms. The van der Waals surface area contributed by atoms with Crippen molar-refractivity contribution in [3.63, 3.8) is 0 Å². The second-order valence-corrected chi connectivity index (χ2v) is 7.07. The lowest BCUT2D eigenvalue weighted by Crippen LogP contribution is -2.32. The third-order valence-corrected chi connectivity index (χ3v) is 5.02. The molecular formula is C25H20FNO4. The van der Waals surface area contributed by atoms with Crippen LogP contribution in [0.3, 0.4) is 0 Å². The van der Waals surface area contributed by atoms with E-state index in [0.29, 0.717) is 27.8 Å². The van der Waals surface area contributed by atoms with Gasteiger partial charge in [0.2, 0.25) is 0 Å². The molecule has 4 rings (SSSR count). The molecule has 0 aliphatic rings. The van der Waals surface area contributed by atoms with Gasteiger partial charge in [0.1, 0.15) is 17.1 Å². The summed E-state index contributed by atoms with van der Waals surface area (Å²) in [4.78, 5) is 27.9. The Balaban J connectivity index is 1.73. The van der Waals surface area contributed by atoms with Crippen molar-refractivity contribution in [1.29, 1.82) is 0 Å². The van der Waals surface area contributed by atoms with Crippen LogP contribution < -0.4 is 10.2 Å². The molecule has 0 bridgehead atoms. The van der Waals surface area contributed by atoms with Crippen LogP contribution in [0.4, 0.5) is 4.39 Å². The first kappa shape index (κ1) is 20.3. The van der Waals surface area contributed by atoms with Crippen LogP contribution in [0.1, 0.15) is 21.5 Å². The van der Waals surface area contributed by atoms with Crippen molar-refractivity contribution in [3.05, 3.63) is 112 Å². The maximum Gasteiger partial charge on any atom is 0.258 e. The van der Waals surface area contributed by atoms with E-state index in [0.717, 1.165) is 5.56 Å². The van der Waals surface area contributed by atoms with E-state index in [-0.39, 0.29) is 30.2 Å². The molecule has 0 atom stereocenters. The number of benzene rings is 3. The number of para-hydroxylation sites is 2. The molecule has 0 radical (unpaired) electrons. The molecule has 0 N–H and O–H groups in total. The standard InChI is InChI=1S/C25H20FNO4/c1-30-22-8-4-3-7-21(22)25(29)27(14-17-10-12-19(26)13-11-17)15-18-16-31-23-9-5-2-6-20(23)24(18)28/h2-13,16H,14-15H2,1H3. The normalized spacial score (nSPS) is 10.8. The van der Waals surface area contributed by atoms with Crippen molar-refractivity contribution < 1.29 is 18.3 Å². The lowest BCUT2D eigenvalue weighted by Gasteiger charge is -2.23. The molecule has 1 aromatic heterocycles. The summed E-state index contributed by atoms with van der Waals surface area (Å²) in [6, 6.07) is 19.8. The van der Waals surface area contributed by atoms with Crippen LogP contribution >= 0.6 is 0 Å². The van der Waals surface area contributed by atoms with Gasteiger partial charge in [-0.3, -0.25) is 9.59 Å². The van der Waals surface area contributed by atoms with Crippen LogP contribution in [-0.2, 0) is 13.1 Å². The van der Waals surface area contributed by atoms with Crippen molar-refractivity contribution in [2.75, 3.05) is 7.11 Å². The average molecular weight is 417 g/mol. The first-order valence-corrected chi connectivity index (χ1v) is 9.73. The van der Waals surface area contributed by atoms with Crippen molar-refractivity contribution in [1.82, 2.24) is 4.90 Å². The Bertz CT molecular complexity index is 1280. The van der Waals surface area contributed by atoms with Gasteiger partial charge in [-0.2, -0.15) is 0 Å². The molecule has 5 nitrogen and oxygen atoms in total. The van der Waals surface area contributed by atoms with Crippen molar-refractivity contribution in [3.8, 4) is 5.75 Å². The number of hydrogen-bond donors (Lipinski definition) is 0. The predicted molar refractivity (Wildman–Crippen MR) is 115 cm³/mol. The van der Waals surface area contributed by atoms with E-state index in [9.17, 15) is 14.0 Å². The largest absolute Gasteiger partial charge is 0.496 e. The van der Waals surface area contributed by atoms with Gasteiger partial charge in [-0.15, -0.1) is 0 Å². The van der Waals surface area contributed by atoms with E-state index < -0.39 is 0 Å². The molecule has 1 amide bonds. The fourth-order valence-corrected chi connectivity index (χ4v) is 3.43. The van der Waals surface area contributed by atoms with E-state index in [4.69, 9.17) is 9.15 Å². The van der Waals surface area contributed by atoms with E-state index in [1.165, 1.54) is 30.4 Å². The molecule has 31 heavy (non-hydrogen) atoms. The summed E-state index contributed by atoms with van der Waals surface area (Å²) in [5, 5.41) is 0.450. The number of carbonyl (C=O) groups is 1. The molecule has 3 aromatic carbocycles. The Hall–Kier alpha value is -3.93. The maximum absolute atomic E-state index is 13.4. The van der Waals surface area contributed by atoms with Crippen LogP contribution in [0.2, 0.25) is 0 Å². The molecular weight excluding hydrogens is 397 g/mol. The summed E-state index contributed by atoms with van der Waals surface area (Å²) in [5.74, 6) is -0.238. The fourth-order valence-electron chi connectivity index (χ4n) is 3.43. The lowest BCUT2D eigenvalue weighted by molar-refractivity contribution is 0.0725. The quantitative estimate of drug-likeness (QED) is 0.453. The summed E-state index contributed by atoms with van der Waals surface area (Å²) in [5.41, 5.74) is 1.74. The number of methoxy groups -OCH3 is 1. The summed E-state index contributed by atoms with van der Waals surface area (Å²) in [7, 11) is 1.49. The van der Waals surface area contributed by atoms with E-state index in [1.54, 1.807) is 60.7 Å². The molecule has 0 aliphatic heterocycles. The van der Waals surface area contributed by atoms with Crippen molar-refractivity contribution >= 4 is 16.9 Å². The van der Waals surface area contributed by atoms with Gasteiger partial charge in [-0.1, -0.05) is 36.4 Å². The third-order valence-electron chi connectivity index (χ3n) is 5.02. The van der Waals surface area contributed by atoms with Gasteiger partial charge in [-0.05, 0) is 42.0 Å². The monoisotopic (exact) mass is 417 g/mol. The van der Waals surface area contributed by atoms with Crippen LogP contribution in [0, 0.1) is 5.82 Å². The Kier molecular flexibility index (Phi) is 5.80. The highest BCUT2D eigenvalue weighted by Crippen LogP contribution is 2.22. The van der Waals surface area contributed by atoms with Crippen molar-refractivity contribution in [2.24, 2.45) is 0 Å². The number of carbonyl (C=O) groups excluding carboxylic acids is 1. The molecule has 0 aliphatic carbocycles. The number of amides is 1. The summed E-state index contributed by atoms with van der Waals surface area (Å²) < 4.78 is 24.3. The van der Waals surface area contributed by atoms with Gasteiger partial charge in [0, 0.05) is 6.54 Å². The topological polar surface area (TPSA) is 59.8 Å². The SMILES string of the molecule is COc1ccccc1C(=O)N(Cc1ccc(F)cc1)Cc1coc2ccccc2c1=O. The van der Waals surface area contributed by atoms with Gasteiger partial charge in [-0.25, -0.2) is 4.39 Å². The van der Waals surface area contributed by atoms with Crippen LogP contribution in [0.25, 0.3) is 11.0 Å². The van der Waals surface area contributed by atoms with E-state index in [1.807, 2.05) is 0 Å². The van der Waals surface area contributed by atoms with Gasteiger partial charge in [0.25, 0.3) is 5.91 Å². The smallest absolute Gasteiger partial charge is 0.258 e. The minimum atomic E-state index is -0.360. The van der Waals surface area contributed by atoms with E-state index in [2.05, 4.69) is 0 Å². The molecule has 156 valence electrons. The molecule has 0 saturated carbocycles. The summed E-state index contributed by atoms with van der Waals surface area (Å²) >= 11 is 0. The first-order chi connectivity index (χ1) is 15.1. The highest BCUT2D eigenvalue weighted by atomic mass is 19.1. The number of hydrogen-bond acceptors (Lipinski definition) is 4. The molecule has 1 heterocycles. The molecule has 4 aromatic rings.